The zero-order chi connectivity index (χ0) is 60.1. The number of hydrogen-bond donors (Lipinski definition) is 0. The van der Waals surface area contributed by atoms with E-state index in [4.69, 9.17) is 65.4 Å². The van der Waals surface area contributed by atoms with Crippen molar-refractivity contribution < 1.29 is 75.0 Å². The van der Waals surface area contributed by atoms with Gasteiger partial charge in [-0.15, -0.1) is 0 Å². The molecule has 4 fully saturated rings. The van der Waals surface area contributed by atoms with Crippen molar-refractivity contribution >= 4 is 36.9 Å². The lowest BCUT2D eigenvalue weighted by molar-refractivity contribution is -0.362. The molecule has 0 aromatic carbocycles. The summed E-state index contributed by atoms with van der Waals surface area (Å²) in [5.74, 6) is -5.33. The minimum Gasteiger partial charge on any atom is -0.461 e. The van der Waals surface area contributed by atoms with Gasteiger partial charge in [0.1, 0.15) is 18.8 Å². The van der Waals surface area contributed by atoms with Crippen molar-refractivity contribution in [2.45, 2.75) is 294 Å². The molecule has 0 spiro atoms. The first-order valence-corrected chi connectivity index (χ1v) is 38.2. The maximum absolute atomic E-state index is 13.5. The first kappa shape index (κ1) is 69.1. The van der Waals surface area contributed by atoms with Crippen molar-refractivity contribution in [3.8, 4) is 0 Å². The van der Waals surface area contributed by atoms with Gasteiger partial charge in [-0.2, -0.15) is 0 Å². The summed E-state index contributed by atoms with van der Waals surface area (Å²) in [6, 6.07) is 5.50. The minimum absolute atomic E-state index is 0.0695. The Morgan fingerprint density at radius 3 is 1.91 bits per heavy atom. The van der Waals surface area contributed by atoms with Crippen LogP contribution in [0, 0.1) is 10.8 Å². The van der Waals surface area contributed by atoms with Crippen LogP contribution < -0.4 is 0 Å². The van der Waals surface area contributed by atoms with Crippen LogP contribution in [0.2, 0.25) is 54.4 Å². The van der Waals surface area contributed by atoms with Crippen molar-refractivity contribution in [1.29, 1.82) is 0 Å². The van der Waals surface area contributed by atoms with E-state index in [9.17, 15) is 9.59 Å². The minimum atomic E-state index is -2.42. The van der Waals surface area contributed by atoms with Gasteiger partial charge < -0.3 is 65.4 Å². The Bertz CT molecular complexity index is 2090. The Hall–Kier alpha value is -1.67. The molecular weight excluding hydrogens is 1070 g/mol. The molecule has 19 heteroatoms. The number of fused-ring (bicyclic) bond motifs is 1. The first-order chi connectivity index (χ1) is 37.2. The average Bonchev–Trinajstić information content (AvgIpc) is 3.92. The molecule has 5 heterocycles. The van der Waals surface area contributed by atoms with Gasteiger partial charge in [-0.25, -0.2) is 4.79 Å². The Morgan fingerprint density at radius 2 is 1.40 bits per heavy atom. The van der Waals surface area contributed by atoms with Crippen molar-refractivity contribution in [1.82, 2.24) is 0 Å². The number of carbonyl (C=O) groups excluding carboxylic acids is 2. The summed E-state index contributed by atoms with van der Waals surface area (Å²) >= 11 is 0. The fourth-order valence-electron chi connectivity index (χ4n) is 13.0. The van der Waals surface area contributed by atoms with Crippen LogP contribution in [0.1, 0.15) is 156 Å². The van der Waals surface area contributed by atoms with Crippen molar-refractivity contribution in [2.24, 2.45) is 10.8 Å². The standard InChI is InChI=1S/C61H110O16Si3/c1-24-33-68-51(62)36-45(75-78(22,23)55(9,10)11)34-44-35-50(76-79(25-2,26-3)27-4)57(14,15)60(66-20,72-44)41-46-40-59(64-18,65-19)39-43(69-46)31-32-56(12,13)61(67-21)54(77-80(28-5,29-6)30-7)47-37-52(63)70-53(47)49(74-61)38-48-42(8)71-58(16,17)73-48/h24,31-32,37,42-46,48-50,53-54H,1,25-30,33-36,38-41H2,2-23H3/b32-31+/t42-,43+,44-,45-,46+,48-,49-,50+,53?,54+,60+,61-/m1/s1. The van der Waals surface area contributed by atoms with E-state index in [1.165, 1.54) is 0 Å². The van der Waals surface area contributed by atoms with Gasteiger partial charge in [-0.3, -0.25) is 4.79 Å². The zero-order valence-corrected chi connectivity index (χ0v) is 56.7. The summed E-state index contributed by atoms with van der Waals surface area (Å²) < 4.78 is 95.0. The number of rotatable bonds is 29. The molecular formula is C61H110O16Si3. The van der Waals surface area contributed by atoms with Gasteiger partial charge in [-0.1, -0.05) is 115 Å². The molecule has 0 bridgehead atoms. The second-order valence-electron chi connectivity index (χ2n) is 26.6. The molecule has 0 radical (unpaired) electrons. The summed E-state index contributed by atoms with van der Waals surface area (Å²) in [7, 11) is -0.304. The molecule has 0 aromatic rings. The van der Waals surface area contributed by atoms with Crippen LogP contribution in [0.3, 0.4) is 0 Å². The lowest BCUT2D eigenvalue weighted by atomic mass is 9.70. The highest BCUT2D eigenvalue weighted by Crippen LogP contribution is 2.55. The number of esters is 2. The SMILES string of the molecule is C=CCOC(=O)C[C@@H](C[C@@H]1C[C@H](O[Si](CC)(CC)CC)C(C)(C)[C@@](C[C@@H]2CC(OC)(OC)C[C@H](/C=C/C(C)(C)[C@]3(OC)O[C@H](C[C@H]4OC(C)(C)O[C@@H]4C)C4OC(=O)C=C4[C@@H]3O[Si](CC)(CC)CC)O2)(OC)O1)O[Si](C)(C)C(C)(C)C. The summed E-state index contributed by atoms with van der Waals surface area (Å²) in [6.07, 6.45) is 4.87. The van der Waals surface area contributed by atoms with Crippen LogP contribution in [-0.4, -0.2) is 156 Å². The van der Waals surface area contributed by atoms with Gasteiger partial charge in [0.25, 0.3) is 0 Å². The van der Waals surface area contributed by atoms with E-state index in [2.05, 4.69) is 122 Å². The van der Waals surface area contributed by atoms with E-state index < -0.39 is 108 Å². The van der Waals surface area contributed by atoms with Crippen LogP contribution in [-0.2, 0) is 75.0 Å². The maximum Gasteiger partial charge on any atom is 0.331 e. The molecule has 0 saturated carbocycles. The number of hydrogen-bond acceptors (Lipinski definition) is 16. The normalized spacial score (nSPS) is 32.4. The van der Waals surface area contributed by atoms with Gasteiger partial charge in [0.05, 0.1) is 49.1 Å². The van der Waals surface area contributed by atoms with Crippen LogP contribution in [0.5, 0.6) is 0 Å². The van der Waals surface area contributed by atoms with E-state index >= 15 is 0 Å². The van der Waals surface area contributed by atoms with Crippen LogP contribution in [0.4, 0.5) is 0 Å². The van der Waals surface area contributed by atoms with Gasteiger partial charge in [-0.05, 0) is 88.0 Å². The Labute approximate surface area is 486 Å². The van der Waals surface area contributed by atoms with E-state index in [1.807, 2.05) is 20.8 Å². The molecule has 4 saturated heterocycles. The molecule has 5 aliphatic heterocycles. The highest BCUT2D eigenvalue weighted by atomic mass is 28.4. The Morgan fingerprint density at radius 1 is 0.800 bits per heavy atom. The fraction of sp³-hybridized carbons (Fsp3) is 0.869. The van der Waals surface area contributed by atoms with Crippen molar-refractivity contribution in [3.05, 3.63) is 36.5 Å². The summed E-state index contributed by atoms with van der Waals surface area (Å²) in [5.41, 5.74) is -0.929. The quantitative estimate of drug-likeness (QED) is 0.0300. The molecule has 0 aromatic heterocycles. The number of ether oxygens (including phenoxy) is 11. The second kappa shape index (κ2) is 26.9. The monoisotopic (exact) mass is 1180 g/mol. The molecule has 80 heavy (non-hydrogen) atoms. The number of methoxy groups -OCH3 is 4. The molecule has 12 atom stereocenters. The second-order valence-corrected chi connectivity index (χ2v) is 40.8. The third kappa shape index (κ3) is 14.8. The molecule has 0 aliphatic carbocycles. The Kier molecular flexibility index (Phi) is 23.3. The first-order valence-electron chi connectivity index (χ1n) is 30.2. The molecule has 0 N–H and O–H groups in total. The largest absolute Gasteiger partial charge is 0.461 e. The molecule has 462 valence electrons. The highest BCUT2D eigenvalue weighted by Gasteiger charge is 2.65. The topological polar surface area (TPSA) is 163 Å². The lowest BCUT2D eigenvalue weighted by Crippen LogP contribution is -2.67. The summed E-state index contributed by atoms with van der Waals surface area (Å²) in [5, 5.41) is -0.114. The van der Waals surface area contributed by atoms with E-state index in [1.54, 1.807) is 40.6 Å². The van der Waals surface area contributed by atoms with E-state index in [-0.39, 0.29) is 42.3 Å². The smallest absolute Gasteiger partial charge is 0.331 e. The van der Waals surface area contributed by atoms with Crippen LogP contribution in [0.15, 0.2) is 36.5 Å². The lowest BCUT2D eigenvalue weighted by Gasteiger charge is -2.58. The van der Waals surface area contributed by atoms with Crippen molar-refractivity contribution in [3.63, 3.8) is 0 Å². The number of carbonyl (C=O) groups is 2. The van der Waals surface area contributed by atoms with Gasteiger partial charge in [0.2, 0.25) is 5.79 Å². The predicted octanol–water partition coefficient (Wildman–Crippen LogP) is 12.9. The highest BCUT2D eigenvalue weighted by molar-refractivity contribution is 6.74. The zero-order valence-electron chi connectivity index (χ0n) is 53.7. The molecule has 5 aliphatic rings. The third-order valence-corrected chi connectivity index (χ3v) is 33.6. The molecule has 16 nitrogen and oxygen atoms in total. The van der Waals surface area contributed by atoms with Crippen LogP contribution in [0.25, 0.3) is 0 Å². The Balaban J connectivity index is 1.59. The average molecular weight is 1180 g/mol. The van der Waals surface area contributed by atoms with E-state index in [0.29, 0.717) is 44.1 Å². The van der Waals surface area contributed by atoms with Gasteiger partial charge >= 0.3 is 11.9 Å². The van der Waals surface area contributed by atoms with Gasteiger partial charge in [0, 0.05) is 76.6 Å². The van der Waals surface area contributed by atoms with Gasteiger partial charge in [0.15, 0.2) is 48.4 Å². The maximum atomic E-state index is 13.5. The van der Waals surface area contributed by atoms with E-state index in [0.717, 1.165) is 36.3 Å². The molecule has 1 unspecified atom stereocenters. The van der Waals surface area contributed by atoms with Crippen molar-refractivity contribution in [2.75, 3.05) is 35.0 Å². The predicted molar refractivity (Wildman–Crippen MR) is 318 cm³/mol. The third-order valence-electron chi connectivity index (χ3n) is 19.8. The molecule has 0 amide bonds. The summed E-state index contributed by atoms with van der Waals surface area (Å²) in [4.78, 5) is 26.9. The summed E-state index contributed by atoms with van der Waals surface area (Å²) in [6.45, 7) is 42.6. The fourth-order valence-corrected chi connectivity index (χ4v) is 20.2. The van der Waals surface area contributed by atoms with Crippen LogP contribution >= 0.6 is 0 Å². The molecule has 5 rings (SSSR count).